The number of fused-ring (bicyclic) bond motifs is 3. The third kappa shape index (κ3) is 18.7. The van der Waals surface area contributed by atoms with E-state index in [1.807, 2.05) is 52.6 Å². The third-order valence-electron chi connectivity index (χ3n) is 17.7. The number of pyridine rings is 1. The average molecular weight is 1240 g/mol. The summed E-state index contributed by atoms with van der Waals surface area (Å²) >= 11 is 0. The Labute approximate surface area is 530 Å². The van der Waals surface area contributed by atoms with Gasteiger partial charge in [-0.3, -0.25) is 39.3 Å². The number of hydrogen-bond donors (Lipinski definition) is 4. The fraction of sp³-hybridized carbons (Fsp3) is 0.535. The van der Waals surface area contributed by atoms with Crippen LogP contribution in [0.15, 0.2) is 72.9 Å². The number of methoxy groups -OCH3 is 1. The van der Waals surface area contributed by atoms with Gasteiger partial charge >= 0.3 is 6.01 Å². The molecular weight excluding hydrogens is 1140 g/mol. The van der Waals surface area contributed by atoms with Gasteiger partial charge in [-0.05, 0) is 172 Å². The summed E-state index contributed by atoms with van der Waals surface area (Å²) < 4.78 is 24.9. The zero-order valence-electron chi connectivity index (χ0n) is 54.8. The minimum absolute atomic E-state index is 0.0604. The molecule has 4 aliphatic rings. The molecule has 0 bridgehead atoms. The first-order valence-corrected chi connectivity index (χ1v) is 33.3. The number of halogens is 1. The van der Waals surface area contributed by atoms with Gasteiger partial charge in [0.15, 0.2) is 0 Å². The first-order valence-electron chi connectivity index (χ1n) is 32.7. The number of piperidine rings is 2. The number of phenols is 1. The second-order valence-electron chi connectivity index (χ2n) is 23.6. The lowest BCUT2D eigenvalue weighted by molar-refractivity contribution is -0.136. The molecule has 4 aliphatic heterocycles. The van der Waals surface area contributed by atoms with Gasteiger partial charge in [-0.2, -0.15) is 9.97 Å². The molecule has 6 heterocycles. The summed E-state index contributed by atoms with van der Waals surface area (Å²) in [6.07, 6.45) is 17.3. The number of nitrogens with one attached hydrogen (secondary N) is 2. The Morgan fingerprint density at radius 2 is 1.67 bits per heavy atom. The highest BCUT2D eigenvalue weighted by molar-refractivity contribution is 7.28. The number of anilines is 3. The topological polar surface area (TPSA) is 200 Å². The Balaban J connectivity index is 0.000000208. The van der Waals surface area contributed by atoms with Gasteiger partial charge in [-0.15, -0.1) is 9.24 Å². The van der Waals surface area contributed by atoms with Gasteiger partial charge in [0, 0.05) is 73.5 Å². The van der Waals surface area contributed by atoms with Crippen molar-refractivity contribution in [3.8, 4) is 23.0 Å². The van der Waals surface area contributed by atoms with E-state index in [1.54, 1.807) is 29.3 Å². The van der Waals surface area contributed by atoms with Gasteiger partial charge < -0.3 is 29.9 Å². The maximum absolute atomic E-state index is 14.7. The predicted molar refractivity (Wildman–Crippen MR) is 362 cm³/mol. The van der Waals surface area contributed by atoms with Crippen molar-refractivity contribution in [3.05, 3.63) is 101 Å². The number of amides is 3. The molecule has 7 unspecified atom stereocenters. The van der Waals surface area contributed by atoms with Crippen molar-refractivity contribution in [2.24, 2.45) is 5.92 Å². The summed E-state index contributed by atoms with van der Waals surface area (Å²) in [6.45, 7) is 22.4. The normalized spacial score (nSPS) is 18.5. The molecule has 0 aliphatic carbocycles. The number of carbonyl (C=O) groups excluding carboxylic acids is 4. The number of rotatable bonds is 20. The lowest BCUT2D eigenvalue weighted by Crippen LogP contribution is -2.54. The average Bonchev–Trinajstić information content (AvgIpc) is 1.42. The first kappa shape index (κ1) is 71.3. The van der Waals surface area contributed by atoms with Crippen LogP contribution in [0.3, 0.4) is 0 Å². The van der Waals surface area contributed by atoms with E-state index in [9.17, 15) is 33.8 Å². The van der Waals surface area contributed by atoms with Gasteiger partial charge in [-0.25, -0.2) is 4.39 Å². The number of carbonyl (C=O) groups is 4. The van der Waals surface area contributed by atoms with Crippen molar-refractivity contribution in [2.75, 3.05) is 55.5 Å². The summed E-state index contributed by atoms with van der Waals surface area (Å²) in [6, 6.07) is 22.1. The molecule has 0 saturated carbocycles. The zero-order chi connectivity index (χ0) is 64.7. The van der Waals surface area contributed by atoms with E-state index in [0.717, 1.165) is 78.0 Å². The molecule has 0 radical (unpaired) electrons. The standard InChI is InChI=1S/C26H40N2O3.C25H26FN4O3P.C9H15NO2.C9H13N.C2H6/c1-6-9-20(12-11-18(4)8-3)21-13-14-22(19(5)17-21)28(25(30)10-7-2)23-15-16-24(29)27-26(23)31;1-3-16-19(26)7-6-13-9-15(32)10-17(20(13)16)21-23(34)22-18(11-27-21)24(29-25(28-22)33-2)30-8-4-5-14(31)12-30;11-7-12-6-9-4-3-8-2-1-5-10(8)9;1-3-8-4-6-9(10-2)7-5-8;1-2/h13-14,17-18,20,23H,6-12,15-16H2,1-5H3,(H,27,29,31);6-7,9-11,14,31-32H,3-5,8,12,34H2,1-2H3;7-9H,1-6H2;4-7,10H,3H2,1-2H3;1-2H3. The van der Waals surface area contributed by atoms with Gasteiger partial charge in [0.2, 0.25) is 17.7 Å². The van der Waals surface area contributed by atoms with E-state index in [1.165, 1.54) is 81.5 Å². The number of imide groups is 1. The number of β-amino-alcohol motifs (C(OH)–C–C–N with tert-alkyl or cyclic N) is 1. The lowest BCUT2D eigenvalue weighted by atomic mass is 9.86. The van der Waals surface area contributed by atoms with E-state index in [0.29, 0.717) is 90.7 Å². The number of benzene rings is 4. The molecule has 484 valence electrons. The van der Waals surface area contributed by atoms with Crippen molar-refractivity contribution in [1.29, 1.82) is 0 Å². The van der Waals surface area contributed by atoms with Gasteiger partial charge in [0.05, 0.1) is 29.8 Å². The number of aliphatic hydroxyl groups is 1. The largest absolute Gasteiger partial charge is 0.508 e. The van der Waals surface area contributed by atoms with Gasteiger partial charge in [0.1, 0.15) is 30.0 Å². The van der Waals surface area contributed by atoms with Crippen LogP contribution in [0.1, 0.15) is 180 Å². The van der Waals surface area contributed by atoms with Crippen LogP contribution in [0.5, 0.6) is 11.8 Å². The molecule has 2 aromatic heterocycles. The van der Waals surface area contributed by atoms with Crippen LogP contribution in [-0.4, -0.2) is 119 Å². The molecular formula is C71H100FN8O8P. The number of aromatic nitrogens is 3. The smallest absolute Gasteiger partial charge is 0.318 e. The Hall–Kier alpha value is -6.81. The highest BCUT2D eigenvalue weighted by atomic mass is 31.0. The van der Waals surface area contributed by atoms with Crippen molar-refractivity contribution in [3.63, 3.8) is 0 Å². The molecule has 4 aromatic carbocycles. The van der Waals surface area contributed by atoms with Gasteiger partial charge in [-0.1, -0.05) is 105 Å². The molecule has 10 rings (SSSR count). The predicted octanol–water partition coefficient (Wildman–Crippen LogP) is 13.5. The van der Waals surface area contributed by atoms with Crippen LogP contribution in [-0.2, 0) is 36.8 Å². The SMILES string of the molecule is CC.CCCC(=O)N(c1ccc(C(CCC)CCC(C)CC)cc1C)C1CCC(=O)NC1=O.CCc1c(F)ccc2cc(O)cc(-c3ncc4c(N5CCCC(O)C5)nc(OC)nc4c3P)c12.CCc1ccc(NC)cc1.O=COCC1CCC2CCCN21. The van der Waals surface area contributed by atoms with Crippen molar-refractivity contribution < 1.29 is 43.3 Å². The fourth-order valence-corrected chi connectivity index (χ4v) is 13.1. The Morgan fingerprint density at radius 3 is 2.31 bits per heavy atom. The molecule has 89 heavy (non-hydrogen) atoms. The van der Waals surface area contributed by atoms with Crippen molar-refractivity contribution in [2.45, 2.75) is 202 Å². The molecule has 7 atom stereocenters. The molecule has 3 amide bonds. The number of hydrogen-bond acceptors (Lipinski definition) is 14. The summed E-state index contributed by atoms with van der Waals surface area (Å²) in [5, 5.41) is 29.0. The Bertz CT molecular complexity index is 3250. The van der Waals surface area contributed by atoms with Crippen LogP contribution in [0.4, 0.5) is 21.6 Å². The number of phenolic OH excluding ortho intramolecular Hbond substituents is 1. The van der Waals surface area contributed by atoms with Crippen LogP contribution in [0, 0.1) is 18.7 Å². The van der Waals surface area contributed by atoms with E-state index < -0.39 is 12.1 Å². The quantitative estimate of drug-likeness (QED) is 0.0320. The first-order chi connectivity index (χ1) is 43.0. The maximum atomic E-state index is 14.7. The minimum Gasteiger partial charge on any atom is -0.508 e. The molecule has 18 heteroatoms. The van der Waals surface area contributed by atoms with E-state index in [4.69, 9.17) is 14.5 Å². The highest BCUT2D eigenvalue weighted by Crippen LogP contribution is 2.39. The maximum Gasteiger partial charge on any atom is 0.318 e. The van der Waals surface area contributed by atoms with E-state index >= 15 is 0 Å². The number of aryl methyl sites for hydroxylation is 3. The molecule has 4 N–H and O–H groups in total. The molecule has 16 nitrogen and oxygen atoms in total. The van der Waals surface area contributed by atoms with Crippen molar-refractivity contribution in [1.82, 2.24) is 25.2 Å². The third-order valence-corrected chi connectivity index (χ3v) is 18.2. The lowest BCUT2D eigenvalue weighted by Gasteiger charge is -2.34. The minimum atomic E-state index is -0.627. The number of ether oxygens (including phenoxy) is 2. The Morgan fingerprint density at radius 1 is 0.921 bits per heavy atom. The number of nitrogens with zero attached hydrogens (tertiary/aromatic N) is 6. The monoisotopic (exact) mass is 1240 g/mol. The summed E-state index contributed by atoms with van der Waals surface area (Å²) in [7, 11) is 6.14. The number of aliphatic hydroxyl groups excluding tert-OH is 1. The van der Waals surface area contributed by atoms with E-state index in [2.05, 4.69) is 98.8 Å². The van der Waals surface area contributed by atoms with Crippen LogP contribution < -0.4 is 30.5 Å². The highest BCUT2D eigenvalue weighted by Gasteiger charge is 2.38. The number of aromatic hydroxyl groups is 1. The summed E-state index contributed by atoms with van der Waals surface area (Å²) in [5.41, 5.74) is 8.08. The van der Waals surface area contributed by atoms with Crippen LogP contribution in [0.25, 0.3) is 32.9 Å². The second-order valence-corrected chi connectivity index (χ2v) is 24.2. The van der Waals surface area contributed by atoms with Crippen molar-refractivity contribution >= 4 is 77.6 Å². The molecule has 0 spiro atoms. The molecule has 4 fully saturated rings. The Kier molecular flexibility index (Phi) is 28.5. The molecule has 4 saturated heterocycles. The summed E-state index contributed by atoms with van der Waals surface area (Å²) in [4.78, 5) is 67.3. The summed E-state index contributed by atoms with van der Waals surface area (Å²) in [5.74, 6) is 0.992. The molecule has 6 aromatic rings. The zero-order valence-corrected chi connectivity index (χ0v) is 56.0. The van der Waals surface area contributed by atoms with E-state index in [-0.39, 0.29) is 41.7 Å². The van der Waals surface area contributed by atoms with Crippen LogP contribution >= 0.6 is 9.24 Å². The van der Waals surface area contributed by atoms with Gasteiger partial charge in [0.25, 0.3) is 6.47 Å². The second kappa shape index (κ2) is 35.5. The van der Waals surface area contributed by atoms with Crippen LogP contribution in [0.2, 0.25) is 0 Å². The fourth-order valence-electron chi connectivity index (χ4n) is 12.7.